The summed E-state index contributed by atoms with van der Waals surface area (Å²) in [4.78, 5) is 16.4. The third-order valence-electron chi connectivity index (χ3n) is 4.91. The zero-order valence-corrected chi connectivity index (χ0v) is 13.9. The van der Waals surface area contributed by atoms with Crippen LogP contribution in [0, 0.1) is 13.8 Å². The Hall–Kier alpha value is -2.62. The molecule has 4 nitrogen and oxygen atoms in total. The van der Waals surface area contributed by atoms with Crippen molar-refractivity contribution in [2.45, 2.75) is 39.2 Å². The molecule has 0 aliphatic heterocycles. The molecule has 0 saturated heterocycles. The molecule has 4 heteroatoms. The first-order valence-electron chi connectivity index (χ1n) is 8.33. The van der Waals surface area contributed by atoms with Crippen LogP contribution in [0.2, 0.25) is 0 Å². The lowest BCUT2D eigenvalue weighted by atomic mass is 10.1. The van der Waals surface area contributed by atoms with Gasteiger partial charge in [0.25, 0.3) is 0 Å². The van der Waals surface area contributed by atoms with E-state index in [4.69, 9.17) is 4.98 Å². The number of aromatic carboxylic acids is 1. The molecule has 0 spiro atoms. The smallest absolute Gasteiger partial charge is 0.336 e. The molecule has 0 amide bonds. The van der Waals surface area contributed by atoms with Crippen molar-refractivity contribution in [1.82, 2.24) is 9.55 Å². The zero-order valence-electron chi connectivity index (χ0n) is 13.9. The standard InChI is InChI=1S/C20H20N2O2/c1-12-9-17-18(10-13(12)2)22(19(21-17)14-7-8-14)11-15-5-3-4-6-16(15)20(23)24/h3-6,9-10,14H,7-8,11H2,1-2H3,(H,23,24). The quantitative estimate of drug-likeness (QED) is 0.780. The minimum atomic E-state index is -0.880. The fourth-order valence-electron chi connectivity index (χ4n) is 3.26. The maximum Gasteiger partial charge on any atom is 0.336 e. The Labute approximate surface area is 140 Å². The van der Waals surface area contributed by atoms with Crippen LogP contribution in [-0.2, 0) is 6.54 Å². The van der Waals surface area contributed by atoms with Crippen molar-refractivity contribution in [3.63, 3.8) is 0 Å². The van der Waals surface area contributed by atoms with E-state index in [0.29, 0.717) is 18.0 Å². The average molecular weight is 320 g/mol. The summed E-state index contributed by atoms with van der Waals surface area (Å²) in [5.74, 6) is 0.722. The fourth-order valence-corrected chi connectivity index (χ4v) is 3.26. The second-order valence-electron chi connectivity index (χ2n) is 6.72. The van der Waals surface area contributed by atoms with Gasteiger partial charge in [-0.15, -0.1) is 0 Å². The number of nitrogens with zero attached hydrogens (tertiary/aromatic N) is 2. The fraction of sp³-hybridized carbons (Fsp3) is 0.300. The first-order chi connectivity index (χ1) is 11.5. The summed E-state index contributed by atoms with van der Waals surface area (Å²) in [6.07, 6.45) is 2.34. The topological polar surface area (TPSA) is 55.1 Å². The number of aryl methyl sites for hydroxylation is 2. The minimum Gasteiger partial charge on any atom is -0.478 e. The van der Waals surface area contributed by atoms with Gasteiger partial charge < -0.3 is 9.67 Å². The van der Waals surface area contributed by atoms with E-state index in [9.17, 15) is 9.90 Å². The number of hydrogen-bond acceptors (Lipinski definition) is 2. The Bertz CT molecular complexity index is 952. The molecule has 1 aliphatic carbocycles. The lowest BCUT2D eigenvalue weighted by Gasteiger charge is -2.12. The van der Waals surface area contributed by atoms with Gasteiger partial charge in [0, 0.05) is 5.92 Å². The van der Waals surface area contributed by atoms with Gasteiger partial charge in [-0.3, -0.25) is 0 Å². The largest absolute Gasteiger partial charge is 0.478 e. The summed E-state index contributed by atoms with van der Waals surface area (Å²) in [6.45, 7) is 4.76. The van der Waals surface area contributed by atoms with Crippen molar-refractivity contribution >= 4 is 17.0 Å². The highest BCUT2D eigenvalue weighted by atomic mass is 16.4. The summed E-state index contributed by atoms with van der Waals surface area (Å²) in [6, 6.07) is 11.5. The molecule has 24 heavy (non-hydrogen) atoms. The van der Waals surface area contributed by atoms with Gasteiger partial charge in [-0.2, -0.15) is 0 Å². The van der Waals surface area contributed by atoms with Crippen molar-refractivity contribution in [2.75, 3.05) is 0 Å². The lowest BCUT2D eigenvalue weighted by molar-refractivity contribution is 0.0695. The Morgan fingerprint density at radius 3 is 2.62 bits per heavy atom. The predicted molar refractivity (Wildman–Crippen MR) is 93.7 cm³/mol. The van der Waals surface area contributed by atoms with E-state index in [-0.39, 0.29) is 0 Å². The van der Waals surface area contributed by atoms with Gasteiger partial charge in [0.15, 0.2) is 0 Å². The molecule has 2 aromatic carbocycles. The SMILES string of the molecule is Cc1cc2nc(C3CC3)n(Cc3ccccc3C(=O)O)c2cc1C. The number of hydrogen-bond donors (Lipinski definition) is 1. The number of rotatable bonds is 4. The number of carbonyl (C=O) groups is 1. The van der Waals surface area contributed by atoms with Crippen LogP contribution >= 0.6 is 0 Å². The number of benzene rings is 2. The van der Waals surface area contributed by atoms with E-state index in [1.807, 2.05) is 12.1 Å². The molecular weight excluding hydrogens is 300 g/mol. The van der Waals surface area contributed by atoms with Crippen LogP contribution in [0.4, 0.5) is 0 Å². The van der Waals surface area contributed by atoms with Crippen LogP contribution in [0.5, 0.6) is 0 Å². The van der Waals surface area contributed by atoms with Crippen molar-refractivity contribution in [2.24, 2.45) is 0 Å². The van der Waals surface area contributed by atoms with Gasteiger partial charge in [0.05, 0.1) is 23.1 Å². The molecular formula is C20H20N2O2. The molecule has 0 atom stereocenters. The van der Waals surface area contributed by atoms with Crippen molar-refractivity contribution in [3.8, 4) is 0 Å². The molecule has 0 unspecified atom stereocenters. The molecule has 122 valence electrons. The molecule has 1 saturated carbocycles. The number of imidazole rings is 1. The second-order valence-corrected chi connectivity index (χ2v) is 6.72. The Kier molecular flexibility index (Phi) is 3.41. The third kappa shape index (κ3) is 2.48. The van der Waals surface area contributed by atoms with Crippen molar-refractivity contribution < 1.29 is 9.90 Å². The van der Waals surface area contributed by atoms with E-state index < -0.39 is 5.97 Å². The lowest BCUT2D eigenvalue weighted by Crippen LogP contribution is -2.09. The summed E-state index contributed by atoms with van der Waals surface area (Å²) in [5, 5.41) is 9.45. The van der Waals surface area contributed by atoms with Crippen LogP contribution in [-0.4, -0.2) is 20.6 Å². The van der Waals surface area contributed by atoms with Gasteiger partial charge in [-0.05, 0) is 61.6 Å². The average Bonchev–Trinajstić information content (AvgIpc) is 3.34. The van der Waals surface area contributed by atoms with Crippen LogP contribution in [0.25, 0.3) is 11.0 Å². The zero-order chi connectivity index (χ0) is 16.8. The van der Waals surface area contributed by atoms with Gasteiger partial charge in [-0.25, -0.2) is 9.78 Å². The number of fused-ring (bicyclic) bond motifs is 1. The monoisotopic (exact) mass is 320 g/mol. The summed E-state index contributed by atoms with van der Waals surface area (Å²) in [7, 11) is 0. The number of carboxylic acids is 1. The molecule has 1 aromatic heterocycles. The van der Waals surface area contributed by atoms with Crippen LogP contribution in [0.1, 0.15) is 51.6 Å². The van der Waals surface area contributed by atoms with Gasteiger partial charge >= 0.3 is 5.97 Å². The third-order valence-corrected chi connectivity index (χ3v) is 4.91. The Morgan fingerprint density at radius 1 is 1.21 bits per heavy atom. The van der Waals surface area contributed by atoms with Gasteiger partial charge in [0.1, 0.15) is 5.82 Å². The van der Waals surface area contributed by atoms with Crippen LogP contribution in [0.15, 0.2) is 36.4 Å². The first kappa shape index (κ1) is 14.9. The van der Waals surface area contributed by atoms with Gasteiger partial charge in [0.2, 0.25) is 0 Å². The molecule has 1 heterocycles. The normalized spacial score (nSPS) is 14.2. The predicted octanol–water partition coefficient (Wildman–Crippen LogP) is 4.28. The highest BCUT2D eigenvalue weighted by Crippen LogP contribution is 2.41. The van der Waals surface area contributed by atoms with E-state index >= 15 is 0 Å². The van der Waals surface area contributed by atoms with Crippen LogP contribution in [0.3, 0.4) is 0 Å². The Balaban J connectivity index is 1.88. The van der Waals surface area contributed by atoms with E-state index in [2.05, 4.69) is 30.5 Å². The maximum atomic E-state index is 11.5. The van der Waals surface area contributed by atoms with E-state index in [1.165, 1.54) is 24.0 Å². The molecule has 4 rings (SSSR count). The first-order valence-corrected chi connectivity index (χ1v) is 8.33. The number of carboxylic acid groups (broad SMARTS) is 1. The molecule has 1 fully saturated rings. The summed E-state index contributed by atoms with van der Waals surface area (Å²) in [5.41, 5.74) is 5.76. The Morgan fingerprint density at radius 2 is 1.92 bits per heavy atom. The second kappa shape index (κ2) is 5.48. The maximum absolute atomic E-state index is 11.5. The molecule has 1 N–H and O–H groups in total. The molecule has 1 aliphatic rings. The molecule has 0 radical (unpaired) electrons. The molecule has 3 aromatic rings. The summed E-state index contributed by atoms with van der Waals surface area (Å²) < 4.78 is 2.21. The number of aromatic nitrogens is 2. The highest BCUT2D eigenvalue weighted by Gasteiger charge is 2.30. The van der Waals surface area contributed by atoms with Crippen molar-refractivity contribution in [1.29, 1.82) is 0 Å². The van der Waals surface area contributed by atoms with E-state index in [0.717, 1.165) is 22.4 Å². The van der Waals surface area contributed by atoms with Crippen LogP contribution < -0.4 is 0 Å². The van der Waals surface area contributed by atoms with E-state index in [1.54, 1.807) is 12.1 Å². The minimum absolute atomic E-state index is 0.366. The summed E-state index contributed by atoms with van der Waals surface area (Å²) >= 11 is 0. The molecule has 0 bridgehead atoms. The highest BCUT2D eigenvalue weighted by molar-refractivity contribution is 5.89. The van der Waals surface area contributed by atoms with Gasteiger partial charge in [-0.1, -0.05) is 18.2 Å². The van der Waals surface area contributed by atoms with Crippen molar-refractivity contribution in [3.05, 3.63) is 64.5 Å².